The Labute approximate surface area is 109 Å². The molecule has 2 rings (SSSR count). The minimum Gasteiger partial charge on any atom is -0.258 e. The number of alkyl halides is 1. The second kappa shape index (κ2) is 4.84. The smallest absolute Gasteiger partial charge is 0.258 e. The Morgan fingerprint density at radius 3 is 2.68 bits per heavy atom. The van der Waals surface area contributed by atoms with Gasteiger partial charge in [0, 0.05) is 12.1 Å². The molecule has 0 amide bonds. The fourth-order valence-electron chi connectivity index (χ4n) is 1.44. The van der Waals surface area contributed by atoms with Gasteiger partial charge >= 0.3 is 5.69 Å². The molecule has 0 saturated carbocycles. The number of halogens is 3. The van der Waals surface area contributed by atoms with E-state index in [-0.39, 0.29) is 11.5 Å². The second-order valence-electron chi connectivity index (χ2n) is 3.58. The van der Waals surface area contributed by atoms with Crippen LogP contribution in [0.25, 0.3) is 5.69 Å². The van der Waals surface area contributed by atoms with E-state index in [1.54, 1.807) is 6.92 Å². The van der Waals surface area contributed by atoms with Gasteiger partial charge in [-0.2, -0.15) is 9.07 Å². The summed E-state index contributed by atoms with van der Waals surface area (Å²) in [5.41, 5.74) is -1.22. The van der Waals surface area contributed by atoms with Gasteiger partial charge < -0.3 is 0 Å². The number of nitrogens with zero attached hydrogens (tertiary/aromatic N) is 5. The van der Waals surface area contributed by atoms with E-state index in [1.807, 2.05) is 0 Å². The predicted octanol–water partition coefficient (Wildman–Crippen LogP) is 2.15. The molecule has 1 unspecified atom stereocenters. The Morgan fingerprint density at radius 2 is 2.11 bits per heavy atom. The summed E-state index contributed by atoms with van der Waals surface area (Å²) in [5.74, 6) is -2.23. The third-order valence-corrected chi connectivity index (χ3v) is 2.49. The molecule has 0 fully saturated rings. The maximum atomic E-state index is 13.7. The van der Waals surface area contributed by atoms with Crippen LogP contribution in [-0.4, -0.2) is 25.1 Å². The summed E-state index contributed by atoms with van der Waals surface area (Å²) >= 11 is 5.79. The summed E-state index contributed by atoms with van der Waals surface area (Å²) < 4.78 is 27.8. The largest absolute Gasteiger partial charge is 0.307 e. The zero-order valence-electron chi connectivity index (χ0n) is 9.42. The maximum Gasteiger partial charge on any atom is 0.307 e. The highest BCUT2D eigenvalue weighted by atomic mass is 35.5. The van der Waals surface area contributed by atoms with Crippen LogP contribution in [0.1, 0.15) is 18.1 Å². The molecule has 1 atom stereocenters. The van der Waals surface area contributed by atoms with Gasteiger partial charge in [-0.1, -0.05) is 0 Å². The van der Waals surface area contributed by atoms with E-state index in [1.165, 1.54) is 0 Å². The third kappa shape index (κ3) is 2.36. The summed E-state index contributed by atoms with van der Waals surface area (Å²) in [5, 5.41) is 20.3. The summed E-state index contributed by atoms with van der Waals surface area (Å²) in [4.78, 5) is 9.66. The number of hydrogen-bond acceptors (Lipinski definition) is 5. The molecule has 1 aromatic heterocycles. The highest BCUT2D eigenvalue weighted by molar-refractivity contribution is 6.20. The average Bonchev–Trinajstić information content (AvgIpc) is 2.77. The molecule has 0 aliphatic rings. The van der Waals surface area contributed by atoms with Gasteiger partial charge in [-0.05, 0) is 17.4 Å². The Hall–Kier alpha value is -2.16. The zero-order chi connectivity index (χ0) is 14.2. The van der Waals surface area contributed by atoms with Crippen molar-refractivity contribution >= 4 is 17.3 Å². The molecule has 0 aliphatic heterocycles. The molecule has 10 heteroatoms. The maximum absolute atomic E-state index is 13.7. The zero-order valence-corrected chi connectivity index (χ0v) is 10.2. The molecular formula is C9H6ClF2N5O2. The number of nitro groups is 1. The minimum absolute atomic E-state index is 0.0847. The van der Waals surface area contributed by atoms with Crippen LogP contribution in [0.15, 0.2) is 12.1 Å². The number of rotatable bonds is 3. The Balaban J connectivity index is 2.65. The van der Waals surface area contributed by atoms with Crippen molar-refractivity contribution in [2.75, 3.05) is 0 Å². The lowest BCUT2D eigenvalue weighted by Crippen LogP contribution is -2.07. The van der Waals surface area contributed by atoms with Crippen LogP contribution < -0.4 is 0 Å². The normalized spacial score (nSPS) is 12.4. The van der Waals surface area contributed by atoms with Crippen molar-refractivity contribution in [1.82, 2.24) is 20.2 Å². The monoisotopic (exact) mass is 289 g/mol. The van der Waals surface area contributed by atoms with E-state index in [0.717, 1.165) is 4.68 Å². The highest BCUT2D eigenvalue weighted by Crippen LogP contribution is 2.26. The molecule has 7 nitrogen and oxygen atoms in total. The standard InChI is InChI=1S/C9H6ClF2N5O2/c1-4(10)9-13-14-15-16(9)7-3-8(17(18)19)6(12)2-5(7)11/h2-4H,1H3. The van der Waals surface area contributed by atoms with Gasteiger partial charge in [-0.3, -0.25) is 10.1 Å². The molecule has 1 aromatic carbocycles. The molecule has 0 N–H and O–H groups in total. The van der Waals surface area contributed by atoms with E-state index in [4.69, 9.17) is 11.6 Å². The van der Waals surface area contributed by atoms with Gasteiger partial charge in [0.25, 0.3) is 0 Å². The van der Waals surface area contributed by atoms with Gasteiger partial charge in [0.1, 0.15) is 5.69 Å². The van der Waals surface area contributed by atoms with Gasteiger partial charge in [-0.15, -0.1) is 16.7 Å². The summed E-state index contributed by atoms with van der Waals surface area (Å²) in [6.45, 7) is 1.54. The molecule has 100 valence electrons. The Morgan fingerprint density at radius 1 is 1.42 bits per heavy atom. The van der Waals surface area contributed by atoms with Gasteiger partial charge in [0.05, 0.1) is 10.3 Å². The first-order valence-corrected chi connectivity index (χ1v) is 5.41. The molecule has 1 heterocycles. The number of aromatic nitrogens is 4. The fourth-order valence-corrected chi connectivity index (χ4v) is 1.58. The molecule has 0 radical (unpaired) electrons. The van der Waals surface area contributed by atoms with Crippen molar-refractivity contribution in [2.45, 2.75) is 12.3 Å². The highest BCUT2D eigenvalue weighted by Gasteiger charge is 2.23. The number of hydrogen-bond donors (Lipinski definition) is 0. The molecular weight excluding hydrogens is 284 g/mol. The average molecular weight is 290 g/mol. The van der Waals surface area contributed by atoms with E-state index >= 15 is 0 Å². The fraction of sp³-hybridized carbons (Fsp3) is 0.222. The number of benzene rings is 1. The number of tetrazole rings is 1. The quantitative estimate of drug-likeness (QED) is 0.491. The van der Waals surface area contributed by atoms with Crippen LogP contribution in [0, 0.1) is 21.7 Å². The lowest BCUT2D eigenvalue weighted by molar-refractivity contribution is -0.387. The Kier molecular flexibility index (Phi) is 3.38. The number of nitro benzene ring substituents is 1. The summed E-state index contributed by atoms with van der Waals surface area (Å²) in [6, 6.07) is 1.11. The summed E-state index contributed by atoms with van der Waals surface area (Å²) in [7, 11) is 0. The lowest BCUT2D eigenvalue weighted by Gasteiger charge is -2.07. The van der Waals surface area contributed by atoms with Crippen molar-refractivity contribution in [3.63, 3.8) is 0 Å². The molecule has 0 saturated heterocycles. The van der Waals surface area contributed by atoms with E-state index in [9.17, 15) is 18.9 Å². The van der Waals surface area contributed by atoms with Crippen molar-refractivity contribution in [2.24, 2.45) is 0 Å². The molecule has 0 aliphatic carbocycles. The Bertz CT molecular complexity index is 646. The predicted molar refractivity (Wildman–Crippen MR) is 60.0 cm³/mol. The van der Waals surface area contributed by atoms with Crippen LogP contribution >= 0.6 is 11.6 Å². The van der Waals surface area contributed by atoms with Crippen molar-refractivity contribution in [1.29, 1.82) is 0 Å². The minimum atomic E-state index is -1.28. The van der Waals surface area contributed by atoms with Crippen molar-refractivity contribution in [3.05, 3.63) is 39.7 Å². The van der Waals surface area contributed by atoms with E-state index in [2.05, 4.69) is 15.5 Å². The lowest BCUT2D eigenvalue weighted by atomic mass is 10.2. The first kappa shape index (κ1) is 13.3. The van der Waals surface area contributed by atoms with Crippen molar-refractivity contribution < 1.29 is 13.7 Å². The van der Waals surface area contributed by atoms with Gasteiger partial charge in [0.15, 0.2) is 11.6 Å². The molecule has 19 heavy (non-hydrogen) atoms. The van der Waals surface area contributed by atoms with Crippen LogP contribution in [0.5, 0.6) is 0 Å². The van der Waals surface area contributed by atoms with Crippen LogP contribution in [0.4, 0.5) is 14.5 Å². The molecule has 0 spiro atoms. The van der Waals surface area contributed by atoms with Gasteiger partial charge in [0.2, 0.25) is 5.82 Å². The molecule has 0 bridgehead atoms. The van der Waals surface area contributed by atoms with Crippen LogP contribution in [0.3, 0.4) is 0 Å². The van der Waals surface area contributed by atoms with Gasteiger partial charge in [-0.25, -0.2) is 4.39 Å². The summed E-state index contributed by atoms with van der Waals surface area (Å²) in [6.07, 6.45) is 0. The van der Waals surface area contributed by atoms with Crippen molar-refractivity contribution in [3.8, 4) is 5.69 Å². The van der Waals surface area contributed by atoms with Crippen LogP contribution in [0.2, 0.25) is 0 Å². The first-order chi connectivity index (χ1) is 8.91. The van der Waals surface area contributed by atoms with E-state index in [0.29, 0.717) is 12.1 Å². The molecule has 2 aromatic rings. The SMILES string of the molecule is CC(Cl)c1nnnn1-c1cc([N+](=O)[O-])c(F)cc1F. The second-order valence-corrected chi connectivity index (χ2v) is 4.23. The topological polar surface area (TPSA) is 86.7 Å². The first-order valence-electron chi connectivity index (χ1n) is 4.98. The third-order valence-electron chi connectivity index (χ3n) is 2.29. The van der Waals surface area contributed by atoms with E-state index < -0.39 is 27.6 Å². The van der Waals surface area contributed by atoms with Crippen LogP contribution in [-0.2, 0) is 0 Å².